The molecule has 4 heterocycles. The summed E-state index contributed by atoms with van der Waals surface area (Å²) >= 11 is 7.46. The smallest absolute Gasteiger partial charge is 0.238 e. The highest BCUT2D eigenvalue weighted by atomic mass is 35.5. The number of hydrogen-bond acceptors (Lipinski definition) is 5. The molecule has 2 aromatic rings. The minimum Gasteiger partial charge on any atom is -0.342 e. The molecule has 5 rings (SSSR count). The van der Waals surface area contributed by atoms with E-state index in [0.29, 0.717) is 11.6 Å². The van der Waals surface area contributed by atoms with E-state index in [9.17, 15) is 9.59 Å². The van der Waals surface area contributed by atoms with Crippen molar-refractivity contribution in [2.45, 2.75) is 67.6 Å². The number of fused-ring (bicyclic) bond motifs is 2. The fraction of sp³-hybridized carbons (Fsp3) is 0.545. The number of halogens is 1. The summed E-state index contributed by atoms with van der Waals surface area (Å²) < 4.78 is 2.29. The average Bonchev–Trinajstić information content (AvgIpc) is 3.02. The molecule has 1 aromatic carbocycles. The second-order valence-electron chi connectivity index (χ2n) is 8.56. The molecule has 164 valence electrons. The molecule has 0 spiro atoms. The van der Waals surface area contributed by atoms with Crippen LogP contribution in [0.1, 0.15) is 56.1 Å². The zero-order valence-corrected chi connectivity index (χ0v) is 18.9. The number of aryl methyl sites for hydroxylation is 1. The van der Waals surface area contributed by atoms with Gasteiger partial charge < -0.3 is 14.8 Å². The summed E-state index contributed by atoms with van der Waals surface area (Å²) in [6, 6.07) is 5.45. The van der Waals surface area contributed by atoms with Gasteiger partial charge in [-0.25, -0.2) is 0 Å². The van der Waals surface area contributed by atoms with Crippen LogP contribution >= 0.6 is 23.4 Å². The number of amides is 2. The summed E-state index contributed by atoms with van der Waals surface area (Å²) in [5, 5.41) is 12.0. The molecule has 1 N–H and O–H groups in total. The molecule has 2 atom stereocenters. The molecular formula is C22H26ClN5O2S. The van der Waals surface area contributed by atoms with E-state index in [1.807, 2.05) is 11.0 Å². The van der Waals surface area contributed by atoms with Gasteiger partial charge in [0.1, 0.15) is 11.6 Å². The fourth-order valence-electron chi connectivity index (χ4n) is 4.77. The summed E-state index contributed by atoms with van der Waals surface area (Å²) in [7, 11) is 0. The monoisotopic (exact) mass is 459 g/mol. The molecule has 0 radical (unpaired) electrons. The minimum atomic E-state index is -0.425. The number of anilines is 1. The van der Waals surface area contributed by atoms with E-state index >= 15 is 0 Å². The number of nitrogens with zero attached hydrogens (tertiary/aromatic N) is 4. The lowest BCUT2D eigenvalue weighted by Crippen LogP contribution is -2.42. The maximum Gasteiger partial charge on any atom is 0.238 e. The largest absolute Gasteiger partial charge is 0.342 e. The van der Waals surface area contributed by atoms with Gasteiger partial charge in [-0.15, -0.1) is 22.0 Å². The number of aromatic nitrogens is 3. The zero-order chi connectivity index (χ0) is 21.4. The highest BCUT2D eigenvalue weighted by molar-refractivity contribution is 8.01. The number of likely N-dealkylation sites (tertiary alicyclic amines) is 1. The number of thioether (sulfide) groups is 1. The molecule has 1 saturated heterocycles. The van der Waals surface area contributed by atoms with E-state index < -0.39 is 5.25 Å². The Balaban J connectivity index is 1.26. The minimum absolute atomic E-state index is 0.0327. The Morgan fingerprint density at radius 2 is 2.10 bits per heavy atom. The summed E-state index contributed by atoms with van der Waals surface area (Å²) in [5.41, 5.74) is 0.719. The van der Waals surface area contributed by atoms with Crippen LogP contribution in [0.2, 0.25) is 5.02 Å². The molecule has 1 fully saturated rings. The third-order valence-corrected chi connectivity index (χ3v) is 7.91. The SMILES string of the molecule is O=C1Nc2cc(Cl)ccc2SC1CC(=O)N1CCCC(c2nnc3n2CCCCC3)C1. The first kappa shape index (κ1) is 20.8. The molecule has 3 aliphatic heterocycles. The van der Waals surface area contributed by atoms with E-state index in [4.69, 9.17) is 11.6 Å². The van der Waals surface area contributed by atoms with Gasteiger partial charge in [0, 0.05) is 48.3 Å². The number of rotatable bonds is 3. The van der Waals surface area contributed by atoms with E-state index in [-0.39, 0.29) is 24.2 Å². The van der Waals surface area contributed by atoms with Crippen LogP contribution in [-0.4, -0.2) is 49.8 Å². The predicted molar refractivity (Wildman–Crippen MR) is 120 cm³/mol. The lowest BCUT2D eigenvalue weighted by Gasteiger charge is -2.33. The molecular weight excluding hydrogens is 434 g/mol. The van der Waals surface area contributed by atoms with Crippen LogP contribution < -0.4 is 5.32 Å². The van der Waals surface area contributed by atoms with Crippen LogP contribution in [0.4, 0.5) is 5.69 Å². The summed E-state index contributed by atoms with van der Waals surface area (Å²) in [6.45, 7) is 2.37. The highest BCUT2D eigenvalue weighted by Gasteiger charge is 2.34. The summed E-state index contributed by atoms with van der Waals surface area (Å²) in [6.07, 6.45) is 6.72. The number of carbonyl (C=O) groups is 2. The molecule has 0 saturated carbocycles. The maximum absolute atomic E-state index is 13.1. The first-order valence-electron chi connectivity index (χ1n) is 11.1. The van der Waals surface area contributed by atoms with Gasteiger partial charge in [0.2, 0.25) is 11.8 Å². The van der Waals surface area contributed by atoms with E-state index in [2.05, 4.69) is 20.1 Å². The zero-order valence-electron chi connectivity index (χ0n) is 17.3. The van der Waals surface area contributed by atoms with Crippen molar-refractivity contribution in [3.63, 3.8) is 0 Å². The van der Waals surface area contributed by atoms with Gasteiger partial charge in [0.05, 0.1) is 10.9 Å². The Kier molecular flexibility index (Phi) is 5.93. The number of benzene rings is 1. The molecule has 31 heavy (non-hydrogen) atoms. The molecule has 9 heteroatoms. The molecule has 1 aromatic heterocycles. The van der Waals surface area contributed by atoms with E-state index in [0.717, 1.165) is 61.0 Å². The van der Waals surface area contributed by atoms with Gasteiger partial charge in [-0.3, -0.25) is 9.59 Å². The third-order valence-electron chi connectivity index (χ3n) is 6.40. The van der Waals surface area contributed by atoms with Crippen molar-refractivity contribution >= 4 is 40.9 Å². The Labute approximate surface area is 190 Å². The maximum atomic E-state index is 13.1. The van der Waals surface area contributed by atoms with Crippen LogP contribution in [0.15, 0.2) is 23.1 Å². The van der Waals surface area contributed by atoms with Crippen molar-refractivity contribution in [2.24, 2.45) is 0 Å². The van der Waals surface area contributed by atoms with E-state index in [1.165, 1.54) is 24.6 Å². The molecule has 0 aliphatic carbocycles. The topological polar surface area (TPSA) is 80.1 Å². The first-order chi connectivity index (χ1) is 15.1. The number of carbonyl (C=O) groups excluding carboxylic acids is 2. The standard InChI is InChI=1S/C22H26ClN5O2S/c23-15-7-8-17-16(11-15)24-22(30)18(31-17)12-20(29)27-9-4-5-14(13-27)21-26-25-19-6-2-1-3-10-28(19)21/h7-8,11,14,18H,1-6,9-10,12-13H2,(H,24,30). The van der Waals surface area contributed by atoms with Crippen LogP contribution in [0, 0.1) is 0 Å². The van der Waals surface area contributed by atoms with Gasteiger partial charge in [-0.1, -0.05) is 18.0 Å². The Hall–Kier alpha value is -2.06. The fourth-order valence-corrected chi connectivity index (χ4v) is 6.02. The molecule has 2 unspecified atom stereocenters. The van der Waals surface area contributed by atoms with Crippen molar-refractivity contribution in [3.8, 4) is 0 Å². The second-order valence-corrected chi connectivity index (χ2v) is 10.2. The average molecular weight is 460 g/mol. The second kappa shape index (κ2) is 8.82. The normalized spacial score (nSPS) is 23.5. The van der Waals surface area contributed by atoms with Crippen molar-refractivity contribution < 1.29 is 9.59 Å². The predicted octanol–water partition coefficient (Wildman–Crippen LogP) is 3.87. The first-order valence-corrected chi connectivity index (χ1v) is 12.3. The van der Waals surface area contributed by atoms with Crippen molar-refractivity contribution in [1.29, 1.82) is 0 Å². The van der Waals surface area contributed by atoms with Crippen LogP contribution in [0.25, 0.3) is 0 Å². The number of piperidine rings is 1. The van der Waals surface area contributed by atoms with Gasteiger partial charge in [0.15, 0.2) is 0 Å². The van der Waals surface area contributed by atoms with Crippen molar-refractivity contribution in [2.75, 3.05) is 18.4 Å². The van der Waals surface area contributed by atoms with Crippen LogP contribution in [0.5, 0.6) is 0 Å². The lowest BCUT2D eigenvalue weighted by molar-refractivity contribution is -0.133. The van der Waals surface area contributed by atoms with Crippen LogP contribution in [0.3, 0.4) is 0 Å². The van der Waals surface area contributed by atoms with Crippen LogP contribution in [-0.2, 0) is 22.6 Å². The molecule has 0 bridgehead atoms. The quantitative estimate of drug-likeness (QED) is 0.753. The number of hydrogen-bond donors (Lipinski definition) is 1. The Morgan fingerprint density at radius 3 is 3.00 bits per heavy atom. The summed E-state index contributed by atoms with van der Waals surface area (Å²) in [4.78, 5) is 28.5. The molecule has 2 amide bonds. The van der Waals surface area contributed by atoms with Gasteiger partial charge in [-0.05, 0) is 43.9 Å². The van der Waals surface area contributed by atoms with Gasteiger partial charge in [0.25, 0.3) is 0 Å². The van der Waals surface area contributed by atoms with Gasteiger partial charge >= 0.3 is 0 Å². The number of nitrogens with one attached hydrogen (secondary N) is 1. The van der Waals surface area contributed by atoms with Crippen molar-refractivity contribution in [3.05, 3.63) is 34.9 Å². The third kappa shape index (κ3) is 4.32. The Morgan fingerprint density at radius 1 is 1.19 bits per heavy atom. The molecule has 7 nitrogen and oxygen atoms in total. The van der Waals surface area contributed by atoms with E-state index in [1.54, 1.807) is 12.1 Å². The summed E-state index contributed by atoms with van der Waals surface area (Å²) in [5.74, 6) is 2.23. The lowest BCUT2D eigenvalue weighted by atomic mass is 9.96. The molecule has 3 aliphatic rings. The highest BCUT2D eigenvalue weighted by Crippen LogP contribution is 2.39. The van der Waals surface area contributed by atoms with Crippen molar-refractivity contribution in [1.82, 2.24) is 19.7 Å². The van der Waals surface area contributed by atoms with Gasteiger partial charge in [-0.2, -0.15) is 0 Å². The Bertz CT molecular complexity index is 1010.